The standard InChI is InChI=1S/C136H152N8/c1-129(2,3)105-65-113-81-114(66-105)138(90-98-51-35-26-36-52-98)116-68-107(131(7,8)9)70-118(83-116)140(92-100-55-39-28-40-56-100)120-72-109(133(13,14)15)74-122(85-120)142(94-102-59-43-30-44-60-102)124-76-111(135(19,20)21)78-126(87-124)144(96-104-63-47-32-48-64-104)128-80-112(136(22,23)24)79-127(88-128)143(95-103-61-45-31-46-62-103)125-77-110(134(16,17)18)75-123(86-125)141(93-101-57-41-29-42-58-101)121-73-108(132(10,11)12)71-119(84-121)139(91-99-53-37-27-38-54-99)117-69-106(130(4,5)6)67-115(82-117)137(113)89-97-49-33-25-34-50-97/h25-88H,89-96H2,1-24H3. The Morgan fingerprint density at radius 1 is 0.111 bits per heavy atom. The van der Waals surface area contributed by atoms with Crippen molar-refractivity contribution in [3.8, 4) is 0 Å². The van der Waals surface area contributed by atoms with Gasteiger partial charge in [0.1, 0.15) is 0 Å². The first kappa shape index (κ1) is 101. The van der Waals surface area contributed by atoms with Gasteiger partial charge in [0.15, 0.2) is 0 Å². The van der Waals surface area contributed by atoms with Gasteiger partial charge in [0, 0.05) is 143 Å². The molecule has 16 bridgehead atoms. The van der Waals surface area contributed by atoms with Crippen molar-refractivity contribution in [3.05, 3.63) is 477 Å². The second kappa shape index (κ2) is 41.3. The Bertz CT molecular complexity index is 5620. The van der Waals surface area contributed by atoms with Crippen LogP contribution in [0.5, 0.6) is 0 Å². The molecule has 0 saturated carbocycles. The minimum absolute atomic E-state index is 0.308. The molecule has 0 unspecified atom stereocenters. The second-order valence-electron chi connectivity index (χ2n) is 48.5. The van der Waals surface area contributed by atoms with Gasteiger partial charge in [-0.1, -0.05) is 409 Å². The van der Waals surface area contributed by atoms with Crippen LogP contribution in [-0.4, -0.2) is 0 Å². The van der Waals surface area contributed by atoms with Gasteiger partial charge in [0.05, 0.1) is 0 Å². The summed E-state index contributed by atoms with van der Waals surface area (Å²) in [4.78, 5) is 21.1. The minimum Gasteiger partial charge on any atom is -0.337 e. The zero-order valence-corrected chi connectivity index (χ0v) is 90.2. The number of anilines is 16. The molecule has 1 aliphatic rings. The quantitative estimate of drug-likeness (QED) is 0.0944. The first-order chi connectivity index (χ1) is 68.3. The Morgan fingerprint density at radius 3 is 0.257 bits per heavy atom. The highest BCUT2D eigenvalue weighted by Gasteiger charge is 2.35. The first-order valence-corrected chi connectivity index (χ1v) is 52.1. The summed E-state index contributed by atoms with van der Waals surface area (Å²) in [6, 6.07) is 150. The highest BCUT2D eigenvalue weighted by molar-refractivity contribution is 5.85. The molecule has 0 spiro atoms. The van der Waals surface area contributed by atoms with E-state index in [9.17, 15) is 0 Å². The Balaban J connectivity index is 1.03. The van der Waals surface area contributed by atoms with E-state index in [1.54, 1.807) is 0 Å². The molecule has 0 saturated heterocycles. The highest BCUT2D eigenvalue weighted by Crippen LogP contribution is 2.52. The molecular weight excluding hydrogens is 1750 g/mol. The monoisotopic (exact) mass is 1900 g/mol. The van der Waals surface area contributed by atoms with Crippen molar-refractivity contribution in [2.24, 2.45) is 0 Å². The third-order valence-corrected chi connectivity index (χ3v) is 28.6. The van der Waals surface area contributed by atoms with E-state index in [1.165, 1.54) is 89.0 Å². The molecular formula is C136H152N8. The van der Waals surface area contributed by atoms with Crippen LogP contribution in [0.15, 0.2) is 388 Å². The van der Waals surface area contributed by atoms with E-state index in [4.69, 9.17) is 0 Å². The summed E-state index contributed by atoms with van der Waals surface area (Å²) in [7, 11) is 0. The van der Waals surface area contributed by atoms with E-state index in [0.29, 0.717) is 52.4 Å². The van der Waals surface area contributed by atoms with Gasteiger partial charge in [-0.15, -0.1) is 0 Å². The molecule has 0 atom stereocenters. The lowest BCUT2D eigenvalue weighted by Gasteiger charge is -2.36. The van der Waals surface area contributed by atoms with Gasteiger partial charge in [0.2, 0.25) is 0 Å². The molecule has 0 N–H and O–H groups in total. The molecule has 0 aromatic heterocycles. The van der Waals surface area contributed by atoms with Crippen LogP contribution in [0.2, 0.25) is 0 Å². The number of hydrogen-bond donors (Lipinski definition) is 0. The van der Waals surface area contributed by atoms with Crippen LogP contribution in [0, 0.1) is 0 Å². The number of rotatable bonds is 16. The van der Waals surface area contributed by atoms with Crippen molar-refractivity contribution < 1.29 is 0 Å². The van der Waals surface area contributed by atoms with Crippen molar-refractivity contribution in [3.63, 3.8) is 0 Å². The Morgan fingerprint density at radius 2 is 0.188 bits per heavy atom. The summed E-state index contributed by atoms with van der Waals surface area (Å²) in [6.07, 6.45) is 0. The maximum atomic E-state index is 2.64. The van der Waals surface area contributed by atoms with E-state index in [1.807, 2.05) is 0 Å². The molecule has 736 valence electrons. The van der Waals surface area contributed by atoms with Gasteiger partial charge in [0.25, 0.3) is 0 Å². The van der Waals surface area contributed by atoms with Crippen LogP contribution in [-0.2, 0) is 95.7 Å². The normalized spacial score (nSPS) is 13.4. The molecule has 0 aliphatic carbocycles. The number of hydrogen-bond acceptors (Lipinski definition) is 8. The van der Waals surface area contributed by atoms with E-state index in [0.717, 1.165) is 91.0 Å². The van der Waals surface area contributed by atoms with Crippen molar-refractivity contribution in [1.82, 2.24) is 0 Å². The summed E-state index contributed by atoms with van der Waals surface area (Å²) in [5, 5.41) is 0. The molecule has 17 rings (SSSR count). The molecule has 8 heteroatoms. The van der Waals surface area contributed by atoms with Crippen LogP contribution >= 0.6 is 0 Å². The lowest BCUT2D eigenvalue weighted by molar-refractivity contribution is 0.588. The maximum absolute atomic E-state index is 2.64. The zero-order chi connectivity index (χ0) is 102. The average Bonchev–Trinajstić information content (AvgIpc) is 0.761. The third-order valence-electron chi connectivity index (χ3n) is 28.6. The Kier molecular flexibility index (Phi) is 29.1. The van der Waals surface area contributed by atoms with E-state index < -0.39 is 0 Å². The summed E-state index contributed by atoms with van der Waals surface area (Å²) >= 11 is 0. The third kappa shape index (κ3) is 24.5. The SMILES string of the molecule is CC(C)(C)c1cc2cc(c1)N(Cc1ccccc1)c1cc(cc(C(C)(C)C)c1)N(Cc1ccccc1)c1cc(cc(C(C)(C)C)c1)N(Cc1ccccc1)c1cc(cc(C(C)(C)C)c1)N(Cc1ccccc1)c1cc(cc(C(C)(C)C)c1)N(Cc1ccccc1)c1cc(cc(C(C)(C)C)c1)N(Cc1ccccc1)c1cc(cc(C(C)(C)C)c1)N(Cc1ccccc1)c1cc(cc(C(C)(C)C)c1)N2Cc1ccccc1. The molecule has 1 aliphatic heterocycles. The largest absolute Gasteiger partial charge is 0.337 e. The van der Waals surface area contributed by atoms with Gasteiger partial charge >= 0.3 is 0 Å². The summed E-state index contributed by atoms with van der Waals surface area (Å²) < 4.78 is 0. The Labute approximate surface area is 863 Å². The fraction of sp³-hybridized carbons (Fsp3) is 0.294. The summed E-state index contributed by atoms with van der Waals surface area (Å²) in [6.45, 7) is 62.0. The van der Waals surface area contributed by atoms with Crippen molar-refractivity contribution in [2.75, 3.05) is 39.2 Å². The average molecular weight is 1900 g/mol. The molecule has 0 fully saturated rings. The van der Waals surface area contributed by atoms with Crippen LogP contribution in [0.4, 0.5) is 91.0 Å². The van der Waals surface area contributed by atoms with E-state index in [2.05, 4.69) is 594 Å². The van der Waals surface area contributed by atoms with E-state index in [-0.39, 0.29) is 43.3 Å². The predicted molar refractivity (Wildman–Crippen MR) is 619 cm³/mol. The maximum Gasteiger partial charge on any atom is 0.0481 e. The van der Waals surface area contributed by atoms with Gasteiger partial charge in [-0.2, -0.15) is 0 Å². The zero-order valence-electron chi connectivity index (χ0n) is 90.2. The second-order valence-corrected chi connectivity index (χ2v) is 48.5. The number of benzene rings is 16. The van der Waals surface area contributed by atoms with Gasteiger partial charge < -0.3 is 39.2 Å². The Hall–Kier alpha value is -14.1. The van der Waals surface area contributed by atoms with Gasteiger partial charge in [-0.25, -0.2) is 0 Å². The van der Waals surface area contributed by atoms with Crippen LogP contribution in [0.25, 0.3) is 0 Å². The molecule has 144 heavy (non-hydrogen) atoms. The number of nitrogens with zero attached hydrogens (tertiary/aromatic N) is 8. The highest BCUT2D eigenvalue weighted by atomic mass is 15.2. The van der Waals surface area contributed by atoms with Gasteiger partial charge in [-0.3, -0.25) is 0 Å². The predicted octanol–water partition coefficient (Wildman–Crippen LogP) is 37.1. The van der Waals surface area contributed by atoms with Crippen LogP contribution < -0.4 is 39.2 Å². The molecule has 1 heterocycles. The minimum atomic E-state index is -0.308. The lowest BCUT2D eigenvalue weighted by Crippen LogP contribution is -2.25. The first-order valence-electron chi connectivity index (χ1n) is 52.1. The van der Waals surface area contributed by atoms with Crippen molar-refractivity contribution in [1.29, 1.82) is 0 Å². The molecule has 8 nitrogen and oxygen atoms in total. The molecule has 0 amide bonds. The fourth-order valence-corrected chi connectivity index (χ4v) is 19.5. The fourth-order valence-electron chi connectivity index (χ4n) is 19.5. The van der Waals surface area contributed by atoms with Crippen molar-refractivity contribution in [2.45, 2.75) is 262 Å². The van der Waals surface area contributed by atoms with E-state index >= 15 is 0 Å². The molecule has 16 aromatic carbocycles. The smallest absolute Gasteiger partial charge is 0.0481 e. The summed E-state index contributed by atoms with van der Waals surface area (Å²) in [5.74, 6) is 0. The summed E-state index contributed by atoms with van der Waals surface area (Å²) in [5.41, 5.74) is 34.6. The molecule has 0 radical (unpaired) electrons. The number of fused-ring (bicyclic) bond motifs is 16. The molecule has 16 aromatic rings. The van der Waals surface area contributed by atoms with Crippen LogP contribution in [0.3, 0.4) is 0 Å². The topological polar surface area (TPSA) is 25.9 Å². The van der Waals surface area contributed by atoms with Crippen molar-refractivity contribution >= 4 is 91.0 Å². The lowest BCUT2D eigenvalue weighted by atomic mass is 9.84. The van der Waals surface area contributed by atoms with Crippen LogP contribution in [0.1, 0.15) is 255 Å². The van der Waals surface area contributed by atoms with Gasteiger partial charge in [-0.05, 0) is 278 Å².